The van der Waals surface area contributed by atoms with Gasteiger partial charge in [-0.25, -0.2) is 8.42 Å². The molecule has 1 saturated heterocycles. The molecule has 1 N–H and O–H groups in total. The number of nitrogens with zero attached hydrogens (tertiary/aromatic N) is 3. The van der Waals surface area contributed by atoms with E-state index in [0.29, 0.717) is 42.0 Å². The highest BCUT2D eigenvalue weighted by molar-refractivity contribution is 7.89. The van der Waals surface area contributed by atoms with Gasteiger partial charge in [-0.1, -0.05) is 47.2 Å². The van der Waals surface area contributed by atoms with Crippen LogP contribution in [0.25, 0.3) is 10.6 Å². The Balaban J connectivity index is 1.55. The third-order valence-corrected chi connectivity index (χ3v) is 7.79. The van der Waals surface area contributed by atoms with Crippen LogP contribution in [0, 0.1) is 13.8 Å². The molecule has 2 aromatic carbocycles. The van der Waals surface area contributed by atoms with Crippen molar-refractivity contribution in [1.82, 2.24) is 14.5 Å². The standard InChI is InChI=1S/C21H22N4O4S2/c1-14-3-6-16(7-4-14)20-23-24-21(30-20)22-19(26)18-13-17(8-5-15(18)2)31(27,28)25-9-11-29-12-10-25/h3-8,13H,9-12H2,1-2H3,(H,22,24,26). The second-order valence-corrected chi connectivity index (χ2v) is 10.1. The normalized spacial score (nSPS) is 15.0. The lowest BCUT2D eigenvalue weighted by atomic mass is 10.1. The Hall–Kier alpha value is -2.66. The van der Waals surface area contributed by atoms with Crippen LogP contribution in [0.2, 0.25) is 0 Å². The molecule has 1 fully saturated rings. The summed E-state index contributed by atoms with van der Waals surface area (Å²) < 4.78 is 32.5. The maximum absolute atomic E-state index is 12.9. The lowest BCUT2D eigenvalue weighted by Crippen LogP contribution is -2.40. The number of aromatic nitrogens is 2. The maximum Gasteiger partial charge on any atom is 0.257 e. The zero-order valence-electron chi connectivity index (χ0n) is 17.2. The number of benzene rings is 2. The number of hydrogen-bond donors (Lipinski definition) is 1. The van der Waals surface area contributed by atoms with Gasteiger partial charge in [0, 0.05) is 24.2 Å². The van der Waals surface area contributed by atoms with E-state index in [0.717, 1.165) is 11.1 Å². The summed E-state index contributed by atoms with van der Waals surface area (Å²) in [5.74, 6) is -0.428. The van der Waals surface area contributed by atoms with Crippen molar-refractivity contribution in [2.24, 2.45) is 0 Å². The number of amides is 1. The van der Waals surface area contributed by atoms with Crippen molar-refractivity contribution < 1.29 is 17.9 Å². The quantitative estimate of drug-likeness (QED) is 0.630. The highest BCUT2D eigenvalue weighted by Crippen LogP contribution is 2.27. The lowest BCUT2D eigenvalue weighted by Gasteiger charge is -2.26. The van der Waals surface area contributed by atoms with E-state index in [-0.39, 0.29) is 10.5 Å². The molecule has 8 nitrogen and oxygen atoms in total. The van der Waals surface area contributed by atoms with E-state index in [1.54, 1.807) is 13.0 Å². The van der Waals surface area contributed by atoms with E-state index >= 15 is 0 Å². The molecular weight excluding hydrogens is 436 g/mol. The number of morpholine rings is 1. The molecule has 0 saturated carbocycles. The van der Waals surface area contributed by atoms with Gasteiger partial charge < -0.3 is 4.74 Å². The van der Waals surface area contributed by atoms with Gasteiger partial charge >= 0.3 is 0 Å². The molecule has 4 rings (SSSR count). The molecule has 0 aliphatic carbocycles. The zero-order valence-corrected chi connectivity index (χ0v) is 18.8. The van der Waals surface area contributed by atoms with Gasteiger partial charge in [-0.3, -0.25) is 10.1 Å². The Labute approximate surface area is 184 Å². The maximum atomic E-state index is 12.9. The van der Waals surface area contributed by atoms with Gasteiger partial charge in [0.2, 0.25) is 15.2 Å². The molecule has 2 heterocycles. The first-order chi connectivity index (χ1) is 14.8. The van der Waals surface area contributed by atoms with Gasteiger partial charge in [0.1, 0.15) is 5.01 Å². The Morgan fingerprint density at radius 3 is 2.48 bits per heavy atom. The number of ether oxygens (including phenoxy) is 1. The Bertz CT molecular complexity index is 1200. The van der Waals surface area contributed by atoms with E-state index < -0.39 is 15.9 Å². The van der Waals surface area contributed by atoms with Crippen LogP contribution in [0.5, 0.6) is 0 Å². The zero-order chi connectivity index (χ0) is 22.0. The van der Waals surface area contributed by atoms with Crippen molar-refractivity contribution in [2.75, 3.05) is 31.6 Å². The summed E-state index contributed by atoms with van der Waals surface area (Å²) in [6.45, 7) is 5.08. The minimum Gasteiger partial charge on any atom is -0.379 e. The molecule has 31 heavy (non-hydrogen) atoms. The summed E-state index contributed by atoms with van der Waals surface area (Å²) >= 11 is 1.26. The number of rotatable bonds is 5. The Kier molecular flexibility index (Phi) is 6.15. The first-order valence-electron chi connectivity index (χ1n) is 9.75. The molecule has 0 spiro atoms. The van der Waals surface area contributed by atoms with Crippen LogP contribution in [0.3, 0.4) is 0 Å². The first kappa shape index (κ1) is 21.6. The highest BCUT2D eigenvalue weighted by atomic mass is 32.2. The highest BCUT2D eigenvalue weighted by Gasteiger charge is 2.27. The predicted octanol–water partition coefficient (Wildman–Crippen LogP) is 3.10. The van der Waals surface area contributed by atoms with Crippen molar-refractivity contribution >= 4 is 32.4 Å². The van der Waals surface area contributed by atoms with Gasteiger partial charge in [0.25, 0.3) is 5.91 Å². The van der Waals surface area contributed by atoms with E-state index in [9.17, 15) is 13.2 Å². The number of hydrogen-bond acceptors (Lipinski definition) is 7. The van der Waals surface area contributed by atoms with Crippen LogP contribution in [0.1, 0.15) is 21.5 Å². The van der Waals surface area contributed by atoms with Crippen molar-refractivity contribution in [2.45, 2.75) is 18.7 Å². The smallest absolute Gasteiger partial charge is 0.257 e. The van der Waals surface area contributed by atoms with Gasteiger partial charge in [-0.15, -0.1) is 10.2 Å². The topological polar surface area (TPSA) is 101 Å². The van der Waals surface area contributed by atoms with Crippen molar-refractivity contribution in [3.63, 3.8) is 0 Å². The predicted molar refractivity (Wildman–Crippen MR) is 119 cm³/mol. The minimum absolute atomic E-state index is 0.0859. The summed E-state index contributed by atoms with van der Waals surface area (Å²) in [7, 11) is -3.70. The SMILES string of the molecule is Cc1ccc(-c2nnc(NC(=O)c3cc(S(=O)(=O)N4CCOCC4)ccc3C)s2)cc1. The van der Waals surface area contributed by atoms with Crippen LogP contribution < -0.4 is 5.32 Å². The van der Waals surface area contributed by atoms with E-state index in [1.807, 2.05) is 31.2 Å². The molecule has 0 radical (unpaired) electrons. The molecular formula is C21H22N4O4S2. The summed E-state index contributed by atoms with van der Waals surface area (Å²) in [4.78, 5) is 13.0. The van der Waals surface area contributed by atoms with E-state index in [4.69, 9.17) is 4.74 Å². The average molecular weight is 459 g/mol. The average Bonchev–Trinajstić information content (AvgIpc) is 3.23. The molecule has 1 aromatic heterocycles. The second-order valence-electron chi connectivity index (χ2n) is 7.23. The number of sulfonamides is 1. The number of nitrogens with one attached hydrogen (secondary N) is 1. The van der Waals surface area contributed by atoms with Crippen LogP contribution in [-0.2, 0) is 14.8 Å². The van der Waals surface area contributed by atoms with Gasteiger partial charge in [-0.2, -0.15) is 4.31 Å². The lowest BCUT2D eigenvalue weighted by molar-refractivity contribution is 0.0730. The molecule has 10 heteroatoms. The third-order valence-electron chi connectivity index (χ3n) is 5.01. The minimum atomic E-state index is -3.70. The summed E-state index contributed by atoms with van der Waals surface area (Å²) in [6.07, 6.45) is 0. The van der Waals surface area contributed by atoms with Crippen LogP contribution in [0.4, 0.5) is 5.13 Å². The second kappa shape index (κ2) is 8.83. The molecule has 1 aliphatic heterocycles. The van der Waals surface area contributed by atoms with Crippen LogP contribution in [-0.4, -0.2) is 55.1 Å². The number of carbonyl (C=O) groups excluding carboxylic acids is 1. The van der Waals surface area contributed by atoms with Gasteiger partial charge in [0.15, 0.2) is 0 Å². The van der Waals surface area contributed by atoms with E-state index in [1.165, 1.54) is 27.8 Å². The fraction of sp³-hybridized carbons (Fsp3) is 0.286. The molecule has 0 unspecified atom stereocenters. The third kappa shape index (κ3) is 4.67. The molecule has 0 bridgehead atoms. The summed E-state index contributed by atoms with van der Waals surface area (Å²) in [6, 6.07) is 12.4. The molecule has 162 valence electrons. The monoisotopic (exact) mass is 458 g/mol. The summed E-state index contributed by atoms with van der Waals surface area (Å²) in [5, 5.41) is 12.0. The summed E-state index contributed by atoms with van der Waals surface area (Å²) in [5.41, 5.74) is 3.01. The van der Waals surface area contributed by atoms with Crippen LogP contribution in [0.15, 0.2) is 47.4 Å². The Morgan fingerprint density at radius 2 is 1.77 bits per heavy atom. The van der Waals surface area contributed by atoms with Gasteiger partial charge in [-0.05, 0) is 31.5 Å². The molecule has 1 amide bonds. The van der Waals surface area contributed by atoms with Crippen molar-refractivity contribution in [3.05, 3.63) is 59.2 Å². The fourth-order valence-electron chi connectivity index (χ4n) is 3.19. The van der Waals surface area contributed by atoms with Crippen LogP contribution >= 0.6 is 11.3 Å². The number of anilines is 1. The van der Waals surface area contributed by atoms with Crippen molar-refractivity contribution in [3.8, 4) is 10.6 Å². The fourth-order valence-corrected chi connectivity index (χ4v) is 5.37. The largest absolute Gasteiger partial charge is 0.379 e. The number of carbonyl (C=O) groups is 1. The Morgan fingerprint density at radius 1 is 1.06 bits per heavy atom. The van der Waals surface area contributed by atoms with E-state index in [2.05, 4.69) is 15.5 Å². The van der Waals surface area contributed by atoms with Crippen molar-refractivity contribution in [1.29, 1.82) is 0 Å². The molecule has 1 aliphatic rings. The number of aryl methyl sites for hydroxylation is 2. The van der Waals surface area contributed by atoms with Gasteiger partial charge in [0.05, 0.1) is 18.1 Å². The molecule has 3 aromatic rings. The first-order valence-corrected chi connectivity index (χ1v) is 12.0. The molecule has 0 atom stereocenters.